The molecule has 0 spiro atoms. The van der Waals surface area contributed by atoms with Gasteiger partial charge >= 0.3 is 0 Å². The lowest BCUT2D eigenvalue weighted by Gasteiger charge is -2.36. The maximum Gasteiger partial charge on any atom is 0.241 e. The zero-order chi connectivity index (χ0) is 13.1. The Morgan fingerprint density at radius 2 is 1.78 bits per heavy atom. The number of nitrogens with zero attached hydrogens (tertiary/aromatic N) is 2. The molecule has 1 saturated heterocycles. The van der Waals surface area contributed by atoms with Crippen LogP contribution in [-0.2, 0) is 14.3 Å². The maximum absolute atomic E-state index is 11.9. The van der Waals surface area contributed by atoms with Gasteiger partial charge in [-0.3, -0.25) is 9.59 Å². The molecule has 2 N–H and O–H groups in total. The Kier molecular flexibility index (Phi) is 4.19. The molecule has 18 heavy (non-hydrogen) atoms. The minimum Gasteiger partial charge on any atom is -0.383 e. The molecule has 1 unspecified atom stereocenters. The Labute approximate surface area is 107 Å². The minimum atomic E-state index is -0.597. The number of carbonyl (C=O) groups excluding carboxylic acids is 2. The normalized spacial score (nSPS) is 21.9. The number of hydrogen-bond donors (Lipinski definition) is 1. The van der Waals surface area contributed by atoms with E-state index in [2.05, 4.69) is 0 Å². The smallest absolute Gasteiger partial charge is 0.241 e. The molecule has 6 nitrogen and oxygen atoms in total. The molecule has 0 bridgehead atoms. The average molecular weight is 255 g/mol. The predicted molar refractivity (Wildman–Crippen MR) is 65.7 cm³/mol. The maximum atomic E-state index is 11.9. The summed E-state index contributed by atoms with van der Waals surface area (Å²) >= 11 is 0. The van der Waals surface area contributed by atoms with Crippen LogP contribution in [0.3, 0.4) is 0 Å². The van der Waals surface area contributed by atoms with Crippen LogP contribution in [0.25, 0.3) is 0 Å². The summed E-state index contributed by atoms with van der Waals surface area (Å²) in [6.45, 7) is 2.64. The van der Waals surface area contributed by atoms with E-state index in [4.69, 9.17) is 10.5 Å². The number of piperazine rings is 1. The first kappa shape index (κ1) is 13.3. The Morgan fingerprint density at radius 3 is 2.28 bits per heavy atom. The lowest BCUT2D eigenvalue weighted by Crippen LogP contribution is -2.55. The summed E-state index contributed by atoms with van der Waals surface area (Å²) in [5.41, 5.74) is 5.71. The fraction of sp³-hybridized carbons (Fsp3) is 0.833. The molecule has 2 rings (SSSR count). The molecule has 1 aliphatic heterocycles. The summed E-state index contributed by atoms with van der Waals surface area (Å²) in [5, 5.41) is 0. The quantitative estimate of drug-likeness (QED) is 0.702. The molecule has 2 aliphatic rings. The number of ether oxygens (including phenoxy) is 1. The molecule has 2 amide bonds. The van der Waals surface area contributed by atoms with Crippen molar-refractivity contribution in [1.82, 2.24) is 9.80 Å². The molecular weight excluding hydrogens is 234 g/mol. The van der Waals surface area contributed by atoms with Gasteiger partial charge in [-0.15, -0.1) is 0 Å². The van der Waals surface area contributed by atoms with Gasteiger partial charge in [0, 0.05) is 39.2 Å². The second-order valence-corrected chi connectivity index (χ2v) is 4.99. The van der Waals surface area contributed by atoms with Crippen molar-refractivity contribution in [3.8, 4) is 0 Å². The third-order valence-corrected chi connectivity index (χ3v) is 3.49. The van der Waals surface area contributed by atoms with E-state index in [1.807, 2.05) is 4.90 Å². The fourth-order valence-corrected chi connectivity index (χ4v) is 2.22. The van der Waals surface area contributed by atoms with Gasteiger partial charge in [0.15, 0.2) is 0 Å². The van der Waals surface area contributed by atoms with Gasteiger partial charge in [-0.1, -0.05) is 0 Å². The molecule has 1 saturated carbocycles. The highest BCUT2D eigenvalue weighted by Gasteiger charge is 2.35. The van der Waals surface area contributed by atoms with Crippen LogP contribution < -0.4 is 5.73 Å². The molecule has 0 aromatic carbocycles. The van der Waals surface area contributed by atoms with Crippen molar-refractivity contribution in [2.24, 2.45) is 11.7 Å². The van der Waals surface area contributed by atoms with Crippen LogP contribution >= 0.6 is 0 Å². The van der Waals surface area contributed by atoms with Crippen molar-refractivity contribution in [2.45, 2.75) is 18.9 Å². The standard InChI is InChI=1S/C12H21N3O3/c1-18-8-10(13)12(17)15-6-4-14(5-7-15)11(16)9-2-3-9/h9-10H,2-8,13H2,1H3. The lowest BCUT2D eigenvalue weighted by molar-refractivity contribution is -0.141. The second kappa shape index (κ2) is 5.67. The summed E-state index contributed by atoms with van der Waals surface area (Å²) in [6, 6.07) is -0.597. The van der Waals surface area contributed by atoms with E-state index in [1.165, 1.54) is 7.11 Å². The number of hydrogen-bond acceptors (Lipinski definition) is 4. The minimum absolute atomic E-state index is 0.0876. The SMILES string of the molecule is COCC(N)C(=O)N1CCN(C(=O)C2CC2)CC1. The first-order valence-electron chi connectivity index (χ1n) is 6.45. The summed E-state index contributed by atoms with van der Waals surface area (Å²) in [4.78, 5) is 27.4. The highest BCUT2D eigenvalue weighted by atomic mass is 16.5. The fourth-order valence-electron chi connectivity index (χ4n) is 2.22. The third kappa shape index (κ3) is 3.00. The number of carbonyl (C=O) groups is 2. The van der Waals surface area contributed by atoms with Crippen LogP contribution in [0.5, 0.6) is 0 Å². The Balaban J connectivity index is 1.78. The zero-order valence-electron chi connectivity index (χ0n) is 10.8. The van der Waals surface area contributed by atoms with Crippen molar-refractivity contribution in [1.29, 1.82) is 0 Å². The molecule has 0 radical (unpaired) electrons. The number of amides is 2. The summed E-state index contributed by atoms with van der Waals surface area (Å²) in [7, 11) is 1.53. The van der Waals surface area contributed by atoms with Gasteiger partial charge in [0.1, 0.15) is 6.04 Å². The highest BCUT2D eigenvalue weighted by Crippen LogP contribution is 2.31. The molecule has 1 aliphatic carbocycles. The van der Waals surface area contributed by atoms with E-state index in [1.54, 1.807) is 4.90 Å². The summed E-state index contributed by atoms with van der Waals surface area (Å²) in [6.07, 6.45) is 2.05. The van der Waals surface area contributed by atoms with Gasteiger partial charge in [0.2, 0.25) is 11.8 Å². The Bertz CT molecular complexity index is 323. The van der Waals surface area contributed by atoms with E-state index in [0.717, 1.165) is 12.8 Å². The van der Waals surface area contributed by atoms with Gasteiger partial charge in [-0.2, -0.15) is 0 Å². The summed E-state index contributed by atoms with van der Waals surface area (Å²) < 4.78 is 4.88. The van der Waals surface area contributed by atoms with Crippen molar-refractivity contribution < 1.29 is 14.3 Å². The molecule has 6 heteroatoms. The Hall–Kier alpha value is -1.14. The van der Waals surface area contributed by atoms with Crippen LogP contribution in [0.2, 0.25) is 0 Å². The number of nitrogens with two attached hydrogens (primary N) is 1. The second-order valence-electron chi connectivity index (χ2n) is 4.99. The number of methoxy groups -OCH3 is 1. The molecule has 1 atom stereocenters. The van der Waals surface area contributed by atoms with Crippen molar-refractivity contribution in [3.63, 3.8) is 0 Å². The van der Waals surface area contributed by atoms with E-state index in [-0.39, 0.29) is 24.3 Å². The molecule has 0 aromatic rings. The third-order valence-electron chi connectivity index (χ3n) is 3.49. The van der Waals surface area contributed by atoms with E-state index < -0.39 is 6.04 Å². The summed E-state index contributed by atoms with van der Waals surface area (Å²) in [5.74, 6) is 0.418. The Morgan fingerprint density at radius 1 is 1.22 bits per heavy atom. The van der Waals surface area contributed by atoms with Gasteiger partial charge in [0.05, 0.1) is 6.61 Å². The van der Waals surface area contributed by atoms with Crippen molar-refractivity contribution >= 4 is 11.8 Å². The van der Waals surface area contributed by atoms with E-state index >= 15 is 0 Å². The van der Waals surface area contributed by atoms with Gasteiger partial charge in [-0.25, -0.2) is 0 Å². The first-order chi connectivity index (χ1) is 8.63. The van der Waals surface area contributed by atoms with Crippen LogP contribution in [0.15, 0.2) is 0 Å². The van der Waals surface area contributed by atoms with Crippen LogP contribution in [-0.4, -0.2) is 67.6 Å². The lowest BCUT2D eigenvalue weighted by atomic mass is 10.2. The largest absolute Gasteiger partial charge is 0.383 e. The zero-order valence-corrected chi connectivity index (χ0v) is 10.8. The van der Waals surface area contributed by atoms with E-state index in [9.17, 15) is 9.59 Å². The van der Waals surface area contributed by atoms with Gasteiger partial charge in [0.25, 0.3) is 0 Å². The van der Waals surface area contributed by atoms with Crippen molar-refractivity contribution in [3.05, 3.63) is 0 Å². The average Bonchev–Trinajstić information content (AvgIpc) is 3.22. The van der Waals surface area contributed by atoms with Gasteiger partial charge < -0.3 is 20.3 Å². The molecule has 0 aromatic heterocycles. The monoisotopic (exact) mass is 255 g/mol. The van der Waals surface area contributed by atoms with E-state index in [0.29, 0.717) is 26.2 Å². The molecule has 1 heterocycles. The van der Waals surface area contributed by atoms with Crippen LogP contribution in [0.4, 0.5) is 0 Å². The van der Waals surface area contributed by atoms with Crippen LogP contribution in [0.1, 0.15) is 12.8 Å². The predicted octanol–water partition coefficient (Wildman–Crippen LogP) is -0.959. The number of rotatable bonds is 4. The van der Waals surface area contributed by atoms with Gasteiger partial charge in [-0.05, 0) is 12.8 Å². The molecule has 2 fully saturated rings. The topological polar surface area (TPSA) is 75.9 Å². The van der Waals surface area contributed by atoms with Crippen molar-refractivity contribution in [2.75, 3.05) is 39.9 Å². The van der Waals surface area contributed by atoms with Crippen LogP contribution in [0, 0.1) is 5.92 Å². The first-order valence-corrected chi connectivity index (χ1v) is 6.45. The molecular formula is C12H21N3O3. The highest BCUT2D eigenvalue weighted by molar-refractivity contribution is 5.83. The molecule has 102 valence electrons.